The van der Waals surface area contributed by atoms with Gasteiger partial charge in [0.2, 0.25) is 5.91 Å². The van der Waals surface area contributed by atoms with Gasteiger partial charge in [0, 0.05) is 32.0 Å². The maximum Gasteiger partial charge on any atom is 0.224 e. The van der Waals surface area contributed by atoms with Crippen LogP contribution in [0.1, 0.15) is 37.7 Å². The molecule has 0 spiro atoms. The highest BCUT2D eigenvalue weighted by Gasteiger charge is 2.26. The smallest absolute Gasteiger partial charge is 0.224 e. The van der Waals surface area contributed by atoms with Crippen LogP contribution in [0.3, 0.4) is 0 Å². The molecular formula is C14H23N3O. The fourth-order valence-electron chi connectivity index (χ4n) is 2.65. The van der Waals surface area contributed by atoms with Crippen molar-refractivity contribution in [3.8, 4) is 0 Å². The monoisotopic (exact) mass is 249 g/mol. The van der Waals surface area contributed by atoms with E-state index in [1.807, 2.05) is 30.1 Å². The molecule has 1 heterocycles. The third-order valence-electron chi connectivity index (χ3n) is 3.77. The Morgan fingerprint density at radius 2 is 2.22 bits per heavy atom. The molecular weight excluding hydrogens is 226 g/mol. The predicted molar refractivity (Wildman–Crippen MR) is 71.8 cm³/mol. The molecule has 1 saturated carbocycles. The molecule has 3 N–H and O–H groups in total. The van der Waals surface area contributed by atoms with E-state index in [2.05, 4.69) is 5.32 Å². The lowest BCUT2D eigenvalue weighted by Gasteiger charge is -2.20. The second-order valence-corrected chi connectivity index (χ2v) is 5.31. The van der Waals surface area contributed by atoms with Crippen LogP contribution in [0.15, 0.2) is 18.5 Å². The highest BCUT2D eigenvalue weighted by atomic mass is 16.1. The van der Waals surface area contributed by atoms with Gasteiger partial charge in [-0.05, 0) is 24.5 Å². The zero-order valence-corrected chi connectivity index (χ0v) is 11.1. The Kier molecular flexibility index (Phi) is 4.42. The van der Waals surface area contributed by atoms with E-state index in [4.69, 9.17) is 5.73 Å². The molecule has 1 aliphatic carbocycles. The molecule has 1 amide bonds. The van der Waals surface area contributed by atoms with Gasteiger partial charge in [-0.3, -0.25) is 4.79 Å². The first-order valence-electron chi connectivity index (χ1n) is 6.81. The Morgan fingerprint density at radius 1 is 1.44 bits per heavy atom. The number of nitrogens with zero attached hydrogens (tertiary/aromatic N) is 1. The quantitative estimate of drug-likeness (QED) is 0.798. The summed E-state index contributed by atoms with van der Waals surface area (Å²) in [4.78, 5) is 12.1. The highest BCUT2D eigenvalue weighted by molar-refractivity contribution is 5.79. The number of nitrogens with one attached hydrogen (secondary N) is 1. The van der Waals surface area contributed by atoms with Crippen LogP contribution in [0.5, 0.6) is 0 Å². The summed E-state index contributed by atoms with van der Waals surface area (Å²) in [6.07, 6.45) is 9.40. The van der Waals surface area contributed by atoms with Crippen molar-refractivity contribution in [3.63, 3.8) is 0 Å². The molecule has 2 rings (SSSR count). The SMILES string of the molecule is Cn1ccc(CNC(=O)C2CCCCCC2N)c1. The third kappa shape index (κ3) is 3.35. The Bertz CT molecular complexity index is 399. The summed E-state index contributed by atoms with van der Waals surface area (Å²) in [5.74, 6) is 0.115. The van der Waals surface area contributed by atoms with Gasteiger partial charge < -0.3 is 15.6 Å². The van der Waals surface area contributed by atoms with Gasteiger partial charge in [0.1, 0.15) is 0 Å². The van der Waals surface area contributed by atoms with E-state index in [1.165, 1.54) is 6.42 Å². The van der Waals surface area contributed by atoms with Crippen molar-refractivity contribution in [2.24, 2.45) is 18.7 Å². The Hall–Kier alpha value is -1.29. The maximum absolute atomic E-state index is 12.1. The molecule has 0 bridgehead atoms. The molecule has 0 aromatic carbocycles. The maximum atomic E-state index is 12.1. The van der Waals surface area contributed by atoms with Crippen LogP contribution in [-0.2, 0) is 18.4 Å². The van der Waals surface area contributed by atoms with Crippen molar-refractivity contribution >= 4 is 5.91 Å². The van der Waals surface area contributed by atoms with Gasteiger partial charge in [-0.2, -0.15) is 0 Å². The largest absolute Gasteiger partial charge is 0.357 e. The van der Waals surface area contributed by atoms with Crippen molar-refractivity contribution in [1.82, 2.24) is 9.88 Å². The van der Waals surface area contributed by atoms with E-state index >= 15 is 0 Å². The molecule has 2 unspecified atom stereocenters. The van der Waals surface area contributed by atoms with Crippen LogP contribution in [0, 0.1) is 5.92 Å². The van der Waals surface area contributed by atoms with E-state index in [-0.39, 0.29) is 17.9 Å². The van der Waals surface area contributed by atoms with Gasteiger partial charge in [-0.25, -0.2) is 0 Å². The van der Waals surface area contributed by atoms with Gasteiger partial charge in [0.05, 0.1) is 5.92 Å². The van der Waals surface area contributed by atoms with Crippen LogP contribution >= 0.6 is 0 Å². The Labute approximate surface area is 109 Å². The molecule has 4 heteroatoms. The first-order valence-corrected chi connectivity index (χ1v) is 6.81. The molecule has 0 radical (unpaired) electrons. The summed E-state index contributed by atoms with van der Waals surface area (Å²) < 4.78 is 1.98. The molecule has 1 fully saturated rings. The summed E-state index contributed by atoms with van der Waals surface area (Å²) in [6, 6.07) is 2.05. The van der Waals surface area contributed by atoms with Gasteiger partial charge >= 0.3 is 0 Å². The number of rotatable bonds is 3. The number of aromatic nitrogens is 1. The van der Waals surface area contributed by atoms with Crippen LogP contribution in [-0.4, -0.2) is 16.5 Å². The average Bonchev–Trinajstić information content (AvgIpc) is 2.64. The molecule has 18 heavy (non-hydrogen) atoms. The molecule has 4 nitrogen and oxygen atoms in total. The molecule has 2 atom stereocenters. The number of carbonyl (C=O) groups is 1. The highest BCUT2D eigenvalue weighted by Crippen LogP contribution is 2.22. The van der Waals surface area contributed by atoms with Crippen molar-refractivity contribution in [3.05, 3.63) is 24.0 Å². The van der Waals surface area contributed by atoms with E-state index in [0.29, 0.717) is 6.54 Å². The summed E-state index contributed by atoms with van der Waals surface area (Å²) in [6.45, 7) is 0.600. The minimum absolute atomic E-state index is 0.00351. The first kappa shape index (κ1) is 13.1. The lowest BCUT2D eigenvalue weighted by atomic mass is 9.94. The van der Waals surface area contributed by atoms with Crippen LogP contribution in [0.25, 0.3) is 0 Å². The Balaban J connectivity index is 1.86. The number of hydrogen-bond acceptors (Lipinski definition) is 2. The van der Waals surface area contributed by atoms with E-state index in [9.17, 15) is 4.79 Å². The zero-order valence-electron chi connectivity index (χ0n) is 11.1. The van der Waals surface area contributed by atoms with Gasteiger partial charge in [0.25, 0.3) is 0 Å². The molecule has 0 saturated heterocycles. The topological polar surface area (TPSA) is 60.0 Å². The molecule has 1 aromatic heterocycles. The number of aryl methyl sites for hydroxylation is 1. The van der Waals surface area contributed by atoms with Crippen molar-refractivity contribution in [2.45, 2.75) is 44.7 Å². The van der Waals surface area contributed by atoms with E-state index in [0.717, 1.165) is 31.2 Å². The number of carbonyl (C=O) groups excluding carboxylic acids is 1. The van der Waals surface area contributed by atoms with Crippen molar-refractivity contribution in [1.29, 1.82) is 0 Å². The van der Waals surface area contributed by atoms with E-state index in [1.54, 1.807) is 0 Å². The molecule has 0 aliphatic heterocycles. The molecule has 100 valence electrons. The second-order valence-electron chi connectivity index (χ2n) is 5.31. The zero-order chi connectivity index (χ0) is 13.0. The number of amides is 1. The summed E-state index contributed by atoms with van der Waals surface area (Å²) in [5, 5.41) is 3.01. The van der Waals surface area contributed by atoms with Gasteiger partial charge in [0.15, 0.2) is 0 Å². The molecule has 1 aliphatic rings. The Morgan fingerprint density at radius 3 is 2.94 bits per heavy atom. The summed E-state index contributed by atoms with van der Waals surface area (Å²) in [5.41, 5.74) is 7.22. The van der Waals surface area contributed by atoms with Crippen LogP contribution < -0.4 is 11.1 Å². The number of hydrogen-bond donors (Lipinski definition) is 2. The first-order chi connectivity index (χ1) is 8.66. The standard InChI is InChI=1S/C14H23N3O/c1-17-8-7-11(10-17)9-16-14(18)12-5-3-2-4-6-13(12)15/h7-8,10,12-13H,2-6,9,15H2,1H3,(H,16,18). The van der Waals surface area contributed by atoms with Gasteiger partial charge in [-0.15, -0.1) is 0 Å². The minimum atomic E-state index is -0.00351. The fraction of sp³-hybridized carbons (Fsp3) is 0.643. The van der Waals surface area contributed by atoms with Crippen LogP contribution in [0.4, 0.5) is 0 Å². The third-order valence-corrected chi connectivity index (χ3v) is 3.77. The average molecular weight is 249 g/mol. The molecule has 1 aromatic rings. The normalized spacial score (nSPS) is 24.6. The summed E-state index contributed by atoms with van der Waals surface area (Å²) >= 11 is 0. The van der Waals surface area contributed by atoms with Crippen molar-refractivity contribution < 1.29 is 4.79 Å². The van der Waals surface area contributed by atoms with Gasteiger partial charge in [-0.1, -0.05) is 19.3 Å². The minimum Gasteiger partial charge on any atom is -0.357 e. The lowest BCUT2D eigenvalue weighted by Crippen LogP contribution is -2.41. The lowest BCUT2D eigenvalue weighted by molar-refractivity contribution is -0.126. The fourth-order valence-corrected chi connectivity index (χ4v) is 2.65. The summed E-state index contributed by atoms with van der Waals surface area (Å²) in [7, 11) is 1.98. The van der Waals surface area contributed by atoms with Crippen molar-refractivity contribution in [2.75, 3.05) is 0 Å². The number of nitrogens with two attached hydrogens (primary N) is 1. The predicted octanol–water partition coefficient (Wildman–Crippen LogP) is 1.55. The van der Waals surface area contributed by atoms with E-state index < -0.39 is 0 Å². The second kappa shape index (κ2) is 6.05. The van der Waals surface area contributed by atoms with Crippen LogP contribution in [0.2, 0.25) is 0 Å².